The molecule has 2 aromatic rings. The third-order valence-electron chi connectivity index (χ3n) is 4.25. The Balaban J connectivity index is 2.03. The van der Waals surface area contributed by atoms with Crippen LogP contribution in [0.4, 0.5) is 5.69 Å². The summed E-state index contributed by atoms with van der Waals surface area (Å²) in [6.07, 6.45) is 0.767. The van der Waals surface area contributed by atoms with Gasteiger partial charge < -0.3 is 5.11 Å². The molecule has 1 heterocycles. The molecule has 0 unspecified atom stereocenters. The first-order chi connectivity index (χ1) is 12.3. The molecule has 3 rings (SSSR count). The van der Waals surface area contributed by atoms with Crippen LogP contribution in [0.25, 0.3) is 0 Å². The van der Waals surface area contributed by atoms with Gasteiger partial charge in [-0.2, -0.15) is 10.1 Å². The standard InChI is InChI=1S/C18H16BrN3O4/c1-2-15-11-18(24,13-6-8-14(19)9-7-13)21(20-15)17(23)12-4-3-5-16(10-12)22(25)26/h3-10,24H,2,11H2,1H3/t18-/m1/s1. The molecule has 1 aliphatic rings. The Bertz CT molecular complexity index is 898. The van der Waals surface area contributed by atoms with Crippen molar-refractivity contribution in [1.29, 1.82) is 0 Å². The Morgan fingerprint density at radius 3 is 2.65 bits per heavy atom. The number of hydrogen-bond donors (Lipinski definition) is 1. The maximum absolute atomic E-state index is 13.0. The van der Waals surface area contributed by atoms with Crippen molar-refractivity contribution in [1.82, 2.24) is 5.01 Å². The van der Waals surface area contributed by atoms with Crippen LogP contribution in [0.1, 0.15) is 35.7 Å². The highest BCUT2D eigenvalue weighted by Gasteiger charge is 2.45. The van der Waals surface area contributed by atoms with E-state index in [0.29, 0.717) is 17.7 Å². The molecule has 2 aromatic carbocycles. The predicted octanol–water partition coefficient (Wildman–Crippen LogP) is 3.81. The first-order valence-electron chi connectivity index (χ1n) is 7.99. The SMILES string of the molecule is CCC1=NN(C(=O)c2cccc([N+](=O)[O-])c2)[C@](O)(c2ccc(Br)cc2)C1. The smallest absolute Gasteiger partial charge is 0.277 e. The molecule has 7 nitrogen and oxygen atoms in total. The summed E-state index contributed by atoms with van der Waals surface area (Å²) in [7, 11) is 0. The molecular formula is C18H16BrN3O4. The van der Waals surface area contributed by atoms with E-state index >= 15 is 0 Å². The molecule has 0 saturated heterocycles. The molecule has 0 spiro atoms. The zero-order chi connectivity index (χ0) is 18.9. The molecule has 8 heteroatoms. The van der Waals surface area contributed by atoms with Crippen molar-refractivity contribution in [3.8, 4) is 0 Å². The molecule has 1 aliphatic heterocycles. The van der Waals surface area contributed by atoms with Crippen LogP contribution in [0.3, 0.4) is 0 Å². The van der Waals surface area contributed by atoms with Gasteiger partial charge in [0.1, 0.15) is 0 Å². The highest BCUT2D eigenvalue weighted by molar-refractivity contribution is 9.10. The lowest BCUT2D eigenvalue weighted by Gasteiger charge is -2.31. The second-order valence-corrected chi connectivity index (χ2v) is 6.86. The third kappa shape index (κ3) is 3.25. The van der Waals surface area contributed by atoms with Gasteiger partial charge in [0.25, 0.3) is 11.6 Å². The maximum Gasteiger partial charge on any atom is 0.277 e. The van der Waals surface area contributed by atoms with E-state index in [9.17, 15) is 20.0 Å². The van der Waals surface area contributed by atoms with Crippen LogP contribution >= 0.6 is 15.9 Å². The van der Waals surface area contributed by atoms with Gasteiger partial charge >= 0.3 is 0 Å². The lowest BCUT2D eigenvalue weighted by molar-refractivity contribution is -0.384. The number of aliphatic hydroxyl groups is 1. The molecular weight excluding hydrogens is 402 g/mol. The van der Waals surface area contributed by atoms with Crippen LogP contribution in [0, 0.1) is 10.1 Å². The van der Waals surface area contributed by atoms with Gasteiger partial charge in [0.05, 0.1) is 4.92 Å². The van der Waals surface area contributed by atoms with E-state index in [-0.39, 0.29) is 17.7 Å². The first-order valence-corrected chi connectivity index (χ1v) is 8.78. The van der Waals surface area contributed by atoms with E-state index in [0.717, 1.165) is 9.48 Å². The minimum Gasteiger partial charge on any atom is -0.365 e. The Morgan fingerprint density at radius 2 is 2.04 bits per heavy atom. The fraction of sp³-hybridized carbons (Fsp3) is 0.222. The summed E-state index contributed by atoms with van der Waals surface area (Å²) in [5.74, 6) is -0.595. The maximum atomic E-state index is 13.0. The van der Waals surface area contributed by atoms with Gasteiger partial charge in [-0.1, -0.05) is 41.1 Å². The first kappa shape index (κ1) is 18.2. The highest BCUT2D eigenvalue weighted by atomic mass is 79.9. The molecule has 1 N–H and O–H groups in total. The van der Waals surface area contributed by atoms with E-state index in [1.165, 1.54) is 24.3 Å². The molecule has 1 amide bonds. The number of hydrazone groups is 1. The number of benzene rings is 2. The van der Waals surface area contributed by atoms with Crippen LogP contribution in [-0.2, 0) is 5.72 Å². The summed E-state index contributed by atoms with van der Waals surface area (Å²) in [5.41, 5.74) is -0.535. The molecule has 0 radical (unpaired) electrons. The summed E-state index contributed by atoms with van der Waals surface area (Å²) in [6, 6.07) is 12.4. The monoisotopic (exact) mass is 417 g/mol. The fourth-order valence-electron chi connectivity index (χ4n) is 2.84. The predicted molar refractivity (Wildman–Crippen MR) is 99.6 cm³/mol. The van der Waals surface area contributed by atoms with Gasteiger partial charge in [0.2, 0.25) is 0 Å². The van der Waals surface area contributed by atoms with Crippen molar-refractivity contribution < 1.29 is 14.8 Å². The topological polar surface area (TPSA) is 96.0 Å². The lowest BCUT2D eigenvalue weighted by Crippen LogP contribution is -2.43. The van der Waals surface area contributed by atoms with E-state index in [2.05, 4.69) is 21.0 Å². The van der Waals surface area contributed by atoms with Crippen molar-refractivity contribution in [3.05, 3.63) is 74.2 Å². The van der Waals surface area contributed by atoms with Crippen molar-refractivity contribution in [2.45, 2.75) is 25.5 Å². The van der Waals surface area contributed by atoms with Gasteiger partial charge in [-0.15, -0.1) is 0 Å². The van der Waals surface area contributed by atoms with Crippen molar-refractivity contribution in [3.63, 3.8) is 0 Å². The number of nitrogens with zero attached hydrogens (tertiary/aromatic N) is 3. The Hall–Kier alpha value is -2.58. The van der Waals surface area contributed by atoms with E-state index in [4.69, 9.17) is 0 Å². The molecule has 0 saturated carbocycles. The number of halogens is 1. The summed E-state index contributed by atoms with van der Waals surface area (Å²) in [4.78, 5) is 23.4. The molecule has 0 aromatic heterocycles. The molecule has 0 aliphatic carbocycles. The Morgan fingerprint density at radius 1 is 1.35 bits per heavy atom. The van der Waals surface area contributed by atoms with Gasteiger partial charge in [0.15, 0.2) is 5.72 Å². The highest BCUT2D eigenvalue weighted by Crippen LogP contribution is 2.37. The molecule has 1 atom stereocenters. The number of nitro benzene ring substituents is 1. The summed E-state index contributed by atoms with van der Waals surface area (Å²) in [6.45, 7) is 1.89. The minimum atomic E-state index is -1.63. The molecule has 26 heavy (non-hydrogen) atoms. The lowest BCUT2D eigenvalue weighted by atomic mass is 9.96. The van der Waals surface area contributed by atoms with Gasteiger partial charge in [0, 0.05) is 39.9 Å². The quantitative estimate of drug-likeness (QED) is 0.603. The third-order valence-corrected chi connectivity index (χ3v) is 4.78. The Labute approximate surface area is 158 Å². The van der Waals surface area contributed by atoms with Crippen molar-refractivity contribution in [2.75, 3.05) is 0 Å². The number of rotatable bonds is 4. The summed E-state index contributed by atoms with van der Waals surface area (Å²) in [5, 5.41) is 27.5. The van der Waals surface area contributed by atoms with Gasteiger partial charge in [-0.05, 0) is 24.6 Å². The summed E-state index contributed by atoms with van der Waals surface area (Å²) < 4.78 is 0.844. The molecule has 134 valence electrons. The molecule has 0 bridgehead atoms. The zero-order valence-electron chi connectivity index (χ0n) is 13.9. The second-order valence-electron chi connectivity index (χ2n) is 5.94. The number of carbonyl (C=O) groups excluding carboxylic acids is 1. The van der Waals surface area contributed by atoms with Gasteiger partial charge in [-0.3, -0.25) is 14.9 Å². The second kappa shape index (κ2) is 6.97. The number of hydrogen-bond acceptors (Lipinski definition) is 5. The fourth-order valence-corrected chi connectivity index (χ4v) is 3.11. The normalized spacial score (nSPS) is 19.3. The van der Waals surface area contributed by atoms with E-state index in [1.807, 2.05) is 6.92 Å². The van der Waals surface area contributed by atoms with Crippen molar-refractivity contribution >= 4 is 33.2 Å². The summed E-state index contributed by atoms with van der Waals surface area (Å²) >= 11 is 3.34. The van der Waals surface area contributed by atoms with Crippen LogP contribution in [-0.4, -0.2) is 26.7 Å². The van der Waals surface area contributed by atoms with E-state index < -0.39 is 16.6 Å². The number of nitro groups is 1. The number of carbonyl (C=O) groups is 1. The van der Waals surface area contributed by atoms with Gasteiger partial charge in [-0.25, -0.2) is 0 Å². The molecule has 0 fully saturated rings. The average Bonchev–Trinajstić information content (AvgIpc) is 2.99. The number of amides is 1. The minimum absolute atomic E-state index is 0.0934. The largest absolute Gasteiger partial charge is 0.365 e. The van der Waals surface area contributed by atoms with E-state index in [1.54, 1.807) is 24.3 Å². The average molecular weight is 418 g/mol. The van der Waals surface area contributed by atoms with Crippen molar-refractivity contribution in [2.24, 2.45) is 5.10 Å². The zero-order valence-corrected chi connectivity index (χ0v) is 15.5. The van der Waals surface area contributed by atoms with Crippen LogP contribution < -0.4 is 0 Å². The van der Waals surface area contributed by atoms with Crippen LogP contribution in [0.5, 0.6) is 0 Å². The number of non-ortho nitro benzene ring substituents is 1. The Kier molecular flexibility index (Phi) is 4.88. The van der Waals surface area contributed by atoms with Crippen LogP contribution in [0.15, 0.2) is 58.1 Å². The van der Waals surface area contributed by atoms with Crippen LogP contribution in [0.2, 0.25) is 0 Å².